The van der Waals surface area contributed by atoms with Crippen molar-refractivity contribution in [2.75, 3.05) is 0 Å². The van der Waals surface area contributed by atoms with Crippen LogP contribution in [-0.4, -0.2) is 10.9 Å². The summed E-state index contributed by atoms with van der Waals surface area (Å²) in [7, 11) is 0. The number of carbonyl (C=O) groups excluding carboxylic acids is 1. The second kappa shape index (κ2) is 6.52. The van der Waals surface area contributed by atoms with Gasteiger partial charge in [0.1, 0.15) is 0 Å². The minimum atomic E-state index is -0.207. The second-order valence-electron chi connectivity index (χ2n) is 6.54. The van der Waals surface area contributed by atoms with Crippen LogP contribution in [0.1, 0.15) is 23.1 Å². The Balaban J connectivity index is 1.57. The van der Waals surface area contributed by atoms with Gasteiger partial charge in [0, 0.05) is 24.4 Å². The molecule has 1 fully saturated rings. The van der Waals surface area contributed by atoms with Crippen molar-refractivity contribution in [3.8, 4) is 0 Å². The molecule has 0 bridgehead atoms. The van der Waals surface area contributed by atoms with Gasteiger partial charge in [0.2, 0.25) is 5.91 Å². The van der Waals surface area contributed by atoms with Crippen LogP contribution in [0.2, 0.25) is 0 Å². The summed E-state index contributed by atoms with van der Waals surface area (Å²) in [6.07, 6.45) is 4.37. The van der Waals surface area contributed by atoms with Gasteiger partial charge in [-0.15, -0.1) is 0 Å². The Bertz CT molecular complexity index is 807. The zero-order chi connectivity index (χ0) is 17.1. The standard InChI is InChI=1S/C22H20N2O/c25-21(24-16-17-8-7-13-23-15-17)20-14-22(20,18-9-3-1-4-10-18)19-11-5-2-6-12-19/h1-13,15,20H,14,16H2,(H,24,25). The van der Waals surface area contributed by atoms with Crippen molar-refractivity contribution in [3.63, 3.8) is 0 Å². The Morgan fingerprint density at radius 3 is 2.16 bits per heavy atom. The molecule has 1 aliphatic carbocycles. The molecule has 124 valence electrons. The average molecular weight is 328 g/mol. The summed E-state index contributed by atoms with van der Waals surface area (Å²) in [5, 5.41) is 3.08. The molecular weight excluding hydrogens is 308 g/mol. The van der Waals surface area contributed by atoms with E-state index in [0.717, 1.165) is 12.0 Å². The molecule has 0 spiro atoms. The molecule has 1 aromatic heterocycles. The number of carbonyl (C=O) groups is 1. The largest absolute Gasteiger partial charge is 0.352 e. The molecule has 3 heteroatoms. The molecule has 1 saturated carbocycles. The number of amides is 1. The Morgan fingerprint density at radius 1 is 0.960 bits per heavy atom. The Morgan fingerprint density at radius 2 is 1.60 bits per heavy atom. The lowest BCUT2D eigenvalue weighted by Gasteiger charge is -2.19. The first-order valence-corrected chi connectivity index (χ1v) is 8.58. The predicted molar refractivity (Wildman–Crippen MR) is 97.9 cm³/mol. The van der Waals surface area contributed by atoms with Crippen molar-refractivity contribution in [2.45, 2.75) is 18.4 Å². The maximum atomic E-state index is 12.8. The smallest absolute Gasteiger partial charge is 0.224 e. The van der Waals surface area contributed by atoms with E-state index in [9.17, 15) is 4.79 Å². The monoisotopic (exact) mass is 328 g/mol. The van der Waals surface area contributed by atoms with Crippen molar-refractivity contribution < 1.29 is 4.79 Å². The van der Waals surface area contributed by atoms with Crippen molar-refractivity contribution in [1.29, 1.82) is 0 Å². The first kappa shape index (κ1) is 15.6. The van der Waals surface area contributed by atoms with E-state index in [1.807, 2.05) is 48.5 Å². The quantitative estimate of drug-likeness (QED) is 0.776. The minimum Gasteiger partial charge on any atom is -0.352 e. The number of benzene rings is 2. The third kappa shape index (κ3) is 2.93. The Labute approximate surface area is 147 Å². The highest BCUT2D eigenvalue weighted by Gasteiger charge is 2.60. The highest BCUT2D eigenvalue weighted by Crippen LogP contribution is 2.58. The molecule has 0 radical (unpaired) electrons. The maximum Gasteiger partial charge on any atom is 0.224 e. The highest BCUT2D eigenvalue weighted by molar-refractivity contribution is 5.86. The summed E-state index contributed by atoms with van der Waals surface area (Å²) in [5.74, 6) is 0.0746. The van der Waals surface area contributed by atoms with E-state index in [2.05, 4.69) is 34.6 Å². The topological polar surface area (TPSA) is 42.0 Å². The second-order valence-corrected chi connectivity index (χ2v) is 6.54. The van der Waals surface area contributed by atoms with Gasteiger partial charge in [-0.2, -0.15) is 0 Å². The molecule has 1 heterocycles. The lowest BCUT2D eigenvalue weighted by molar-refractivity contribution is -0.122. The van der Waals surface area contributed by atoms with E-state index >= 15 is 0 Å². The van der Waals surface area contributed by atoms with Gasteiger partial charge >= 0.3 is 0 Å². The van der Waals surface area contributed by atoms with Gasteiger partial charge in [0.15, 0.2) is 0 Å². The lowest BCUT2D eigenvalue weighted by Crippen LogP contribution is -2.28. The normalized spacial score (nSPS) is 17.7. The fraction of sp³-hybridized carbons (Fsp3) is 0.182. The molecule has 1 atom stereocenters. The molecule has 1 N–H and O–H groups in total. The fourth-order valence-corrected chi connectivity index (χ4v) is 3.67. The number of pyridine rings is 1. The van der Waals surface area contributed by atoms with Crippen LogP contribution in [0.3, 0.4) is 0 Å². The zero-order valence-corrected chi connectivity index (χ0v) is 13.9. The van der Waals surface area contributed by atoms with Gasteiger partial charge in [-0.05, 0) is 29.2 Å². The van der Waals surface area contributed by atoms with Crippen LogP contribution in [0.25, 0.3) is 0 Å². The van der Waals surface area contributed by atoms with E-state index in [1.165, 1.54) is 11.1 Å². The predicted octanol–water partition coefficient (Wildman–Crippen LogP) is 3.70. The van der Waals surface area contributed by atoms with E-state index in [0.29, 0.717) is 6.54 Å². The van der Waals surface area contributed by atoms with E-state index in [-0.39, 0.29) is 17.2 Å². The van der Waals surface area contributed by atoms with Crippen LogP contribution in [0.5, 0.6) is 0 Å². The van der Waals surface area contributed by atoms with Gasteiger partial charge in [-0.1, -0.05) is 66.7 Å². The number of hydrogen-bond donors (Lipinski definition) is 1. The fourth-order valence-electron chi connectivity index (χ4n) is 3.67. The van der Waals surface area contributed by atoms with E-state index < -0.39 is 0 Å². The zero-order valence-electron chi connectivity index (χ0n) is 13.9. The number of nitrogens with zero attached hydrogens (tertiary/aromatic N) is 1. The maximum absolute atomic E-state index is 12.8. The van der Waals surface area contributed by atoms with Crippen molar-refractivity contribution in [1.82, 2.24) is 10.3 Å². The molecule has 0 saturated heterocycles. The number of hydrogen-bond acceptors (Lipinski definition) is 2. The first-order chi connectivity index (χ1) is 12.3. The molecule has 3 aromatic rings. The molecule has 1 unspecified atom stereocenters. The molecule has 25 heavy (non-hydrogen) atoms. The van der Waals surface area contributed by atoms with Gasteiger partial charge in [0.25, 0.3) is 0 Å². The van der Waals surface area contributed by atoms with Crippen molar-refractivity contribution in [3.05, 3.63) is 102 Å². The molecule has 1 amide bonds. The van der Waals surface area contributed by atoms with E-state index in [4.69, 9.17) is 0 Å². The molecule has 2 aromatic carbocycles. The number of rotatable bonds is 5. The number of aromatic nitrogens is 1. The van der Waals surface area contributed by atoms with Crippen molar-refractivity contribution >= 4 is 5.91 Å². The van der Waals surface area contributed by atoms with E-state index in [1.54, 1.807) is 12.4 Å². The molecule has 3 nitrogen and oxygen atoms in total. The van der Waals surface area contributed by atoms with Gasteiger partial charge in [-0.25, -0.2) is 0 Å². The first-order valence-electron chi connectivity index (χ1n) is 8.58. The molecule has 1 aliphatic rings. The summed E-state index contributed by atoms with van der Waals surface area (Å²) in [5.41, 5.74) is 3.23. The average Bonchev–Trinajstić information content (AvgIpc) is 3.45. The van der Waals surface area contributed by atoms with Gasteiger partial charge in [-0.3, -0.25) is 9.78 Å². The minimum absolute atomic E-state index is 0.0334. The summed E-state index contributed by atoms with van der Waals surface area (Å²) in [4.78, 5) is 16.9. The third-order valence-corrected chi connectivity index (χ3v) is 5.04. The molecular formula is C22H20N2O. The Hall–Kier alpha value is -2.94. The SMILES string of the molecule is O=C(NCc1cccnc1)C1CC1(c1ccccc1)c1ccccc1. The molecule has 0 aliphatic heterocycles. The van der Waals surface area contributed by atoms with Gasteiger partial charge in [0.05, 0.1) is 5.92 Å². The lowest BCUT2D eigenvalue weighted by atomic mass is 9.85. The third-order valence-electron chi connectivity index (χ3n) is 5.04. The summed E-state index contributed by atoms with van der Waals surface area (Å²) in [6, 6.07) is 24.6. The van der Waals surface area contributed by atoms with Gasteiger partial charge < -0.3 is 5.32 Å². The summed E-state index contributed by atoms with van der Waals surface area (Å²) in [6.45, 7) is 0.517. The number of nitrogens with one attached hydrogen (secondary N) is 1. The Kier molecular flexibility index (Phi) is 4.06. The highest BCUT2D eigenvalue weighted by atomic mass is 16.2. The van der Waals surface area contributed by atoms with Crippen LogP contribution < -0.4 is 5.32 Å². The van der Waals surface area contributed by atoms with Crippen LogP contribution in [0, 0.1) is 5.92 Å². The van der Waals surface area contributed by atoms with Crippen molar-refractivity contribution in [2.24, 2.45) is 5.92 Å². The molecule has 4 rings (SSSR count). The summed E-state index contributed by atoms with van der Waals surface area (Å²) >= 11 is 0. The van der Waals surface area contributed by atoms with Crippen LogP contribution >= 0.6 is 0 Å². The van der Waals surface area contributed by atoms with Crippen LogP contribution in [0.4, 0.5) is 0 Å². The van der Waals surface area contributed by atoms with Crippen LogP contribution in [-0.2, 0) is 16.8 Å². The van der Waals surface area contributed by atoms with Crippen LogP contribution in [0.15, 0.2) is 85.2 Å². The summed E-state index contributed by atoms with van der Waals surface area (Å²) < 4.78 is 0.